The zero-order chi connectivity index (χ0) is 12.5. The van der Waals surface area contributed by atoms with E-state index in [2.05, 4.69) is 40.3 Å². The minimum Gasteiger partial charge on any atom is -0.458 e. The van der Waals surface area contributed by atoms with Gasteiger partial charge in [-0.2, -0.15) is 0 Å². The van der Waals surface area contributed by atoms with E-state index < -0.39 is 0 Å². The first-order valence-electron chi connectivity index (χ1n) is 6.26. The lowest BCUT2D eigenvalue weighted by Crippen LogP contribution is -2.27. The molecule has 1 saturated heterocycles. The molecule has 1 fully saturated rings. The van der Waals surface area contributed by atoms with E-state index in [0.717, 1.165) is 40.8 Å². The molecular formula is C14H16BrNO2. The summed E-state index contributed by atoms with van der Waals surface area (Å²) in [4.78, 5) is 0. The highest BCUT2D eigenvalue weighted by molar-refractivity contribution is 9.10. The maximum Gasteiger partial charge on any atom is 0.135 e. The van der Waals surface area contributed by atoms with Gasteiger partial charge in [-0.3, -0.25) is 0 Å². The van der Waals surface area contributed by atoms with Gasteiger partial charge in [0, 0.05) is 29.1 Å². The molecule has 0 aliphatic carbocycles. The topological polar surface area (TPSA) is 34.4 Å². The fourth-order valence-electron chi connectivity index (χ4n) is 2.23. The van der Waals surface area contributed by atoms with E-state index in [9.17, 15) is 0 Å². The number of halogens is 1. The molecule has 4 heteroatoms. The molecule has 1 aliphatic rings. The minimum absolute atomic E-state index is 0.0149. The van der Waals surface area contributed by atoms with Crippen molar-refractivity contribution in [2.75, 3.05) is 13.2 Å². The number of rotatable bonds is 1. The molecule has 2 heterocycles. The van der Waals surface area contributed by atoms with Crippen molar-refractivity contribution in [3.8, 4) is 0 Å². The lowest BCUT2D eigenvalue weighted by atomic mass is 10.2. The van der Waals surface area contributed by atoms with Crippen LogP contribution < -0.4 is 5.32 Å². The maximum atomic E-state index is 5.87. The first-order chi connectivity index (χ1) is 8.72. The van der Waals surface area contributed by atoms with Gasteiger partial charge in [0.15, 0.2) is 0 Å². The molecule has 0 spiro atoms. The molecule has 1 aliphatic heterocycles. The highest BCUT2D eigenvalue weighted by atomic mass is 79.9. The molecule has 2 aromatic rings. The van der Waals surface area contributed by atoms with Crippen LogP contribution in [0.15, 0.2) is 33.2 Å². The van der Waals surface area contributed by atoms with Crippen LogP contribution in [0.25, 0.3) is 11.0 Å². The van der Waals surface area contributed by atoms with Crippen LogP contribution in [0.2, 0.25) is 0 Å². The fraction of sp³-hybridized carbons (Fsp3) is 0.429. The lowest BCUT2D eigenvalue weighted by Gasteiger charge is -2.12. The van der Waals surface area contributed by atoms with Crippen LogP contribution in [0.1, 0.15) is 25.2 Å². The molecule has 0 bridgehead atoms. The van der Waals surface area contributed by atoms with Gasteiger partial charge in [-0.1, -0.05) is 15.9 Å². The molecular weight excluding hydrogens is 294 g/mol. The highest BCUT2D eigenvalue weighted by Gasteiger charge is 2.21. The first-order valence-corrected chi connectivity index (χ1v) is 7.05. The Kier molecular flexibility index (Phi) is 3.41. The third kappa shape index (κ3) is 2.46. The molecule has 18 heavy (non-hydrogen) atoms. The molecule has 1 aromatic heterocycles. The predicted molar refractivity (Wildman–Crippen MR) is 74.7 cm³/mol. The van der Waals surface area contributed by atoms with E-state index in [0.29, 0.717) is 6.04 Å². The van der Waals surface area contributed by atoms with Crippen LogP contribution in [0.3, 0.4) is 0 Å². The van der Waals surface area contributed by atoms with Gasteiger partial charge in [-0.05, 0) is 37.6 Å². The van der Waals surface area contributed by atoms with Crippen molar-refractivity contribution in [2.24, 2.45) is 0 Å². The Labute approximate surface area is 115 Å². The zero-order valence-electron chi connectivity index (χ0n) is 10.3. The smallest absolute Gasteiger partial charge is 0.135 e. The molecule has 3 rings (SSSR count). The summed E-state index contributed by atoms with van der Waals surface area (Å²) in [5.74, 6) is 0.907. The predicted octanol–water partition coefficient (Wildman–Crippen LogP) is 3.63. The standard InChI is InChI=1S/C14H16BrNO2/c1-9-4-5-17-14(8-16-9)13-7-10-6-11(15)2-3-12(10)18-13/h2-3,6-7,9,14,16H,4-5,8H2,1H3. The van der Waals surface area contributed by atoms with Crippen LogP contribution >= 0.6 is 15.9 Å². The molecule has 2 unspecified atom stereocenters. The second-order valence-electron chi connectivity index (χ2n) is 4.79. The second kappa shape index (κ2) is 5.03. The zero-order valence-corrected chi connectivity index (χ0v) is 11.9. The van der Waals surface area contributed by atoms with Crippen molar-refractivity contribution in [1.82, 2.24) is 5.32 Å². The average Bonchev–Trinajstić information content (AvgIpc) is 2.63. The third-order valence-corrected chi connectivity index (χ3v) is 3.83. The molecule has 1 aromatic carbocycles. The van der Waals surface area contributed by atoms with Gasteiger partial charge in [-0.25, -0.2) is 0 Å². The van der Waals surface area contributed by atoms with Crippen LogP contribution in [-0.4, -0.2) is 19.2 Å². The third-order valence-electron chi connectivity index (χ3n) is 3.34. The van der Waals surface area contributed by atoms with Crippen LogP contribution in [-0.2, 0) is 4.74 Å². The van der Waals surface area contributed by atoms with Gasteiger partial charge in [0.2, 0.25) is 0 Å². The van der Waals surface area contributed by atoms with Gasteiger partial charge in [0.1, 0.15) is 17.4 Å². The summed E-state index contributed by atoms with van der Waals surface area (Å²) >= 11 is 3.47. The molecule has 0 amide bonds. The Morgan fingerprint density at radius 1 is 1.33 bits per heavy atom. The van der Waals surface area contributed by atoms with Gasteiger partial charge in [-0.15, -0.1) is 0 Å². The summed E-state index contributed by atoms with van der Waals surface area (Å²) in [6.45, 7) is 3.77. The molecule has 3 nitrogen and oxygen atoms in total. The Morgan fingerprint density at radius 2 is 2.22 bits per heavy atom. The summed E-state index contributed by atoms with van der Waals surface area (Å²) in [6.07, 6.45) is 1.06. The number of hydrogen-bond donors (Lipinski definition) is 1. The highest BCUT2D eigenvalue weighted by Crippen LogP contribution is 2.28. The molecule has 96 valence electrons. The van der Waals surface area contributed by atoms with E-state index in [4.69, 9.17) is 9.15 Å². The summed E-state index contributed by atoms with van der Waals surface area (Å²) in [6, 6.07) is 8.62. The summed E-state index contributed by atoms with van der Waals surface area (Å²) in [5, 5.41) is 4.57. The van der Waals surface area contributed by atoms with E-state index in [1.54, 1.807) is 0 Å². The number of furan rings is 1. The normalized spacial score (nSPS) is 25.2. The van der Waals surface area contributed by atoms with E-state index in [1.807, 2.05) is 12.1 Å². The summed E-state index contributed by atoms with van der Waals surface area (Å²) < 4.78 is 12.8. The van der Waals surface area contributed by atoms with Crippen molar-refractivity contribution >= 4 is 26.9 Å². The van der Waals surface area contributed by atoms with Gasteiger partial charge < -0.3 is 14.5 Å². The van der Waals surface area contributed by atoms with Crippen molar-refractivity contribution < 1.29 is 9.15 Å². The second-order valence-corrected chi connectivity index (χ2v) is 5.70. The average molecular weight is 310 g/mol. The van der Waals surface area contributed by atoms with Crippen molar-refractivity contribution in [3.05, 3.63) is 34.5 Å². The lowest BCUT2D eigenvalue weighted by molar-refractivity contribution is 0.0522. The Hall–Kier alpha value is -0.840. The molecule has 1 N–H and O–H groups in total. The maximum absolute atomic E-state index is 5.87. The SMILES string of the molecule is CC1CCOC(c2cc3cc(Br)ccc3o2)CN1. The van der Waals surface area contributed by atoms with Crippen molar-refractivity contribution in [3.63, 3.8) is 0 Å². The largest absolute Gasteiger partial charge is 0.458 e. The number of benzene rings is 1. The van der Waals surface area contributed by atoms with E-state index in [1.165, 1.54) is 0 Å². The van der Waals surface area contributed by atoms with Gasteiger partial charge >= 0.3 is 0 Å². The Bertz CT molecular complexity index is 552. The van der Waals surface area contributed by atoms with E-state index >= 15 is 0 Å². The van der Waals surface area contributed by atoms with Crippen LogP contribution in [0.4, 0.5) is 0 Å². The number of ether oxygens (including phenoxy) is 1. The van der Waals surface area contributed by atoms with Crippen molar-refractivity contribution in [2.45, 2.75) is 25.5 Å². The monoisotopic (exact) mass is 309 g/mol. The molecule has 0 saturated carbocycles. The summed E-state index contributed by atoms with van der Waals surface area (Å²) in [5.41, 5.74) is 0.911. The Morgan fingerprint density at radius 3 is 3.11 bits per heavy atom. The number of hydrogen-bond acceptors (Lipinski definition) is 3. The van der Waals surface area contributed by atoms with Crippen LogP contribution in [0.5, 0.6) is 0 Å². The molecule has 0 radical (unpaired) electrons. The van der Waals surface area contributed by atoms with Crippen molar-refractivity contribution in [1.29, 1.82) is 0 Å². The number of fused-ring (bicyclic) bond motifs is 1. The van der Waals surface area contributed by atoms with E-state index in [-0.39, 0.29) is 6.10 Å². The summed E-state index contributed by atoms with van der Waals surface area (Å²) in [7, 11) is 0. The minimum atomic E-state index is 0.0149. The quantitative estimate of drug-likeness (QED) is 0.873. The fourth-order valence-corrected chi connectivity index (χ4v) is 2.61. The van der Waals surface area contributed by atoms with Crippen LogP contribution in [0, 0.1) is 0 Å². The number of nitrogens with one attached hydrogen (secondary N) is 1. The Balaban J connectivity index is 1.89. The van der Waals surface area contributed by atoms with Gasteiger partial charge in [0.05, 0.1) is 0 Å². The molecule has 2 atom stereocenters. The first kappa shape index (κ1) is 12.2. The van der Waals surface area contributed by atoms with Gasteiger partial charge in [0.25, 0.3) is 0 Å².